The molecule has 0 heterocycles. The maximum atomic E-state index is 12.7. The molecule has 0 N–H and O–H groups in total. The lowest BCUT2D eigenvalue weighted by molar-refractivity contribution is -0.137. The third kappa shape index (κ3) is 4.69. The molecule has 0 amide bonds. The van der Waals surface area contributed by atoms with Crippen LogP contribution in [0.3, 0.4) is 0 Å². The van der Waals surface area contributed by atoms with Crippen LogP contribution >= 0.6 is 0 Å². The van der Waals surface area contributed by atoms with E-state index in [1.54, 1.807) is 18.2 Å². The van der Waals surface area contributed by atoms with E-state index in [4.69, 9.17) is 5.26 Å². The van der Waals surface area contributed by atoms with E-state index < -0.39 is 11.7 Å². The molecule has 0 spiro atoms. The molecule has 26 heavy (non-hydrogen) atoms. The highest BCUT2D eigenvalue weighted by Crippen LogP contribution is 2.44. The van der Waals surface area contributed by atoms with Crippen LogP contribution in [-0.2, 0) is 6.18 Å². The third-order valence-corrected chi connectivity index (χ3v) is 6.41. The summed E-state index contributed by atoms with van der Waals surface area (Å²) < 4.78 is 38.1. The first-order valence-electron chi connectivity index (χ1n) is 9.71. The minimum Gasteiger partial charge on any atom is -0.193 e. The van der Waals surface area contributed by atoms with Crippen molar-refractivity contribution in [3.63, 3.8) is 0 Å². The van der Waals surface area contributed by atoms with Crippen molar-refractivity contribution in [1.82, 2.24) is 0 Å². The van der Waals surface area contributed by atoms with E-state index in [1.165, 1.54) is 50.7 Å². The molecule has 0 saturated heterocycles. The Morgan fingerprint density at radius 3 is 1.88 bits per heavy atom. The van der Waals surface area contributed by atoms with Gasteiger partial charge in [0.05, 0.1) is 11.6 Å². The topological polar surface area (TPSA) is 23.8 Å². The van der Waals surface area contributed by atoms with E-state index in [9.17, 15) is 13.2 Å². The molecular weight excluding hydrogens is 335 g/mol. The van der Waals surface area contributed by atoms with Crippen LogP contribution in [-0.4, -0.2) is 0 Å². The van der Waals surface area contributed by atoms with E-state index in [2.05, 4.69) is 12.1 Å². The Balaban J connectivity index is 1.49. The molecule has 2 aliphatic carbocycles. The molecule has 2 saturated carbocycles. The van der Waals surface area contributed by atoms with Gasteiger partial charge in [-0.3, -0.25) is 0 Å². The fraction of sp³-hybridized carbons (Fsp3) is 0.591. The van der Waals surface area contributed by atoms with Gasteiger partial charge in [-0.25, -0.2) is 0 Å². The maximum Gasteiger partial charge on any atom is 0.416 e. The first kappa shape index (κ1) is 19.0. The fourth-order valence-electron chi connectivity index (χ4n) is 4.86. The summed E-state index contributed by atoms with van der Waals surface area (Å²) in [6, 6.07) is 7.85. The zero-order valence-corrected chi connectivity index (χ0v) is 15.0. The van der Waals surface area contributed by atoms with Crippen molar-refractivity contribution in [2.75, 3.05) is 0 Å². The Bertz CT molecular complexity index is 637. The highest BCUT2D eigenvalue weighted by molar-refractivity contribution is 5.27. The van der Waals surface area contributed by atoms with Gasteiger partial charge in [0, 0.05) is 6.08 Å². The van der Waals surface area contributed by atoms with Gasteiger partial charge in [-0.2, -0.15) is 18.4 Å². The first-order chi connectivity index (χ1) is 12.5. The van der Waals surface area contributed by atoms with Crippen LogP contribution in [0.25, 0.3) is 0 Å². The molecule has 2 fully saturated rings. The highest BCUT2D eigenvalue weighted by Gasteiger charge is 2.32. The van der Waals surface area contributed by atoms with Crippen molar-refractivity contribution in [1.29, 1.82) is 5.26 Å². The van der Waals surface area contributed by atoms with Gasteiger partial charge in [-0.15, -0.1) is 0 Å². The molecular formula is C22H26F3N. The number of allylic oxidation sites excluding steroid dienone is 2. The van der Waals surface area contributed by atoms with Gasteiger partial charge in [0.15, 0.2) is 0 Å². The standard InChI is InChI=1S/C22H26F3N/c23-22(24,25)21-13-11-20(12-14-21)19-9-7-18(8-10-19)17-5-3-16(4-6-17)2-1-15-26/h1-2,11-14,16-19H,3-10H2/b2-1+/t16?,17?,18-,19-. The average molecular weight is 361 g/mol. The summed E-state index contributed by atoms with van der Waals surface area (Å²) in [6.07, 6.45) is 8.82. The second-order valence-electron chi connectivity index (χ2n) is 7.89. The second-order valence-corrected chi connectivity index (χ2v) is 7.89. The van der Waals surface area contributed by atoms with Gasteiger partial charge in [-0.1, -0.05) is 18.2 Å². The van der Waals surface area contributed by atoms with E-state index in [1.807, 2.05) is 0 Å². The van der Waals surface area contributed by atoms with Gasteiger partial charge in [-0.05, 0) is 92.7 Å². The summed E-state index contributed by atoms with van der Waals surface area (Å²) in [5.41, 5.74) is 0.499. The van der Waals surface area contributed by atoms with Crippen LogP contribution in [0.5, 0.6) is 0 Å². The second kappa shape index (κ2) is 8.29. The smallest absolute Gasteiger partial charge is 0.193 e. The fourth-order valence-corrected chi connectivity index (χ4v) is 4.86. The zero-order chi connectivity index (χ0) is 18.6. The summed E-state index contributed by atoms with van der Waals surface area (Å²) >= 11 is 0. The largest absolute Gasteiger partial charge is 0.416 e. The van der Waals surface area contributed by atoms with Crippen molar-refractivity contribution in [3.8, 4) is 6.07 Å². The monoisotopic (exact) mass is 361 g/mol. The summed E-state index contributed by atoms with van der Waals surface area (Å²) in [5.74, 6) is 2.52. The summed E-state index contributed by atoms with van der Waals surface area (Å²) in [6.45, 7) is 0. The van der Waals surface area contributed by atoms with E-state index in [0.717, 1.165) is 30.2 Å². The Hall–Kier alpha value is -1.76. The van der Waals surface area contributed by atoms with Crippen molar-refractivity contribution >= 4 is 0 Å². The Morgan fingerprint density at radius 2 is 1.38 bits per heavy atom. The number of hydrogen-bond donors (Lipinski definition) is 0. The van der Waals surface area contributed by atoms with Crippen LogP contribution in [0.4, 0.5) is 13.2 Å². The number of alkyl halides is 3. The van der Waals surface area contributed by atoms with E-state index in [-0.39, 0.29) is 0 Å². The Labute approximate surface area is 153 Å². The number of rotatable bonds is 3. The molecule has 1 aromatic carbocycles. The Kier molecular flexibility index (Phi) is 6.06. The lowest BCUT2D eigenvalue weighted by Crippen LogP contribution is -2.25. The average Bonchev–Trinajstić information content (AvgIpc) is 2.66. The summed E-state index contributed by atoms with van der Waals surface area (Å²) in [4.78, 5) is 0. The number of halogens is 3. The summed E-state index contributed by atoms with van der Waals surface area (Å²) in [7, 11) is 0. The first-order valence-corrected chi connectivity index (χ1v) is 9.71. The van der Waals surface area contributed by atoms with Crippen LogP contribution < -0.4 is 0 Å². The number of nitriles is 1. The van der Waals surface area contributed by atoms with Crippen LogP contribution in [0.1, 0.15) is 68.4 Å². The molecule has 1 aromatic rings. The molecule has 0 radical (unpaired) electrons. The molecule has 4 heteroatoms. The summed E-state index contributed by atoms with van der Waals surface area (Å²) in [5, 5.41) is 8.63. The van der Waals surface area contributed by atoms with Crippen molar-refractivity contribution in [2.45, 2.75) is 63.5 Å². The van der Waals surface area contributed by atoms with Gasteiger partial charge in [0.25, 0.3) is 0 Å². The molecule has 1 nitrogen and oxygen atoms in total. The Morgan fingerprint density at radius 1 is 0.846 bits per heavy atom. The minimum absolute atomic E-state index is 0.406. The third-order valence-electron chi connectivity index (χ3n) is 6.41. The SMILES string of the molecule is N#C/C=C/C1CCC([C@H]2CC[C@H](c3ccc(C(F)(F)F)cc3)CC2)CC1. The minimum atomic E-state index is -4.25. The maximum absolute atomic E-state index is 12.7. The lowest BCUT2D eigenvalue weighted by atomic mass is 9.68. The lowest BCUT2D eigenvalue weighted by Gasteiger charge is -2.37. The van der Waals surface area contributed by atoms with E-state index in [0.29, 0.717) is 11.8 Å². The molecule has 0 aromatic heterocycles. The molecule has 3 rings (SSSR count). The molecule has 0 atom stereocenters. The predicted molar refractivity (Wildman–Crippen MR) is 96.3 cm³/mol. The van der Waals surface area contributed by atoms with E-state index >= 15 is 0 Å². The number of hydrogen-bond acceptors (Lipinski definition) is 1. The van der Waals surface area contributed by atoms with Gasteiger partial charge < -0.3 is 0 Å². The molecule has 0 bridgehead atoms. The van der Waals surface area contributed by atoms with Gasteiger partial charge in [0.1, 0.15) is 0 Å². The van der Waals surface area contributed by atoms with Crippen molar-refractivity contribution < 1.29 is 13.2 Å². The normalized spacial score (nSPS) is 30.2. The number of nitrogens with zero attached hydrogens (tertiary/aromatic N) is 1. The highest BCUT2D eigenvalue weighted by atomic mass is 19.4. The van der Waals surface area contributed by atoms with Gasteiger partial charge >= 0.3 is 6.18 Å². The molecule has 2 aliphatic rings. The van der Waals surface area contributed by atoms with Crippen LogP contribution in [0.15, 0.2) is 36.4 Å². The predicted octanol–water partition coefficient (Wildman–Crippen LogP) is 6.87. The van der Waals surface area contributed by atoms with Crippen LogP contribution in [0.2, 0.25) is 0 Å². The number of benzene rings is 1. The van der Waals surface area contributed by atoms with Crippen molar-refractivity contribution in [3.05, 3.63) is 47.5 Å². The van der Waals surface area contributed by atoms with Crippen molar-refractivity contribution in [2.24, 2.45) is 17.8 Å². The quantitative estimate of drug-likeness (QED) is 0.539. The van der Waals surface area contributed by atoms with Gasteiger partial charge in [0.2, 0.25) is 0 Å². The molecule has 140 valence electrons. The zero-order valence-electron chi connectivity index (χ0n) is 15.0. The molecule has 0 aliphatic heterocycles. The van der Waals surface area contributed by atoms with Crippen LogP contribution in [0, 0.1) is 29.1 Å². The molecule has 0 unspecified atom stereocenters.